The zero-order chi connectivity index (χ0) is 16.1. The van der Waals surface area contributed by atoms with Crippen LogP contribution in [-0.4, -0.2) is 46.5 Å². The molecule has 5 rings (SSSR count). The smallest absolute Gasteiger partial charge is 0.166 e. The van der Waals surface area contributed by atoms with E-state index in [2.05, 4.69) is 24.1 Å². The maximum atomic E-state index is 11.0. The van der Waals surface area contributed by atoms with E-state index in [1.54, 1.807) is 0 Å². The average molecular weight is 313 g/mol. The Kier molecular flexibility index (Phi) is 2.37. The molecule has 4 aliphatic rings. The van der Waals surface area contributed by atoms with E-state index in [9.17, 15) is 10.2 Å². The van der Waals surface area contributed by atoms with E-state index in [0.717, 1.165) is 24.9 Å². The monoisotopic (exact) mass is 313 g/mol. The number of hydrogen-bond donors (Lipinski definition) is 2. The third-order valence-corrected chi connectivity index (χ3v) is 6.75. The lowest BCUT2D eigenvalue weighted by Crippen LogP contribution is -2.67. The van der Waals surface area contributed by atoms with Crippen molar-refractivity contribution in [2.75, 3.05) is 13.6 Å². The Hall–Kier alpha value is -1.52. The zero-order valence-electron chi connectivity index (χ0n) is 13.8. The second kappa shape index (κ2) is 3.93. The first kappa shape index (κ1) is 13.9. The van der Waals surface area contributed by atoms with Gasteiger partial charge in [-0.1, -0.05) is 18.2 Å². The number of nitrogens with zero attached hydrogens (tertiary/aromatic N) is 1. The molecule has 2 aliphatic heterocycles. The van der Waals surface area contributed by atoms with E-state index in [4.69, 9.17) is 4.74 Å². The Morgan fingerprint density at radius 2 is 2.17 bits per heavy atom. The SMILES string of the molecule is Cc1cc2c3c(c1O)O[C@@H]1[C@]34CCN(C)[C@H](C2)[C@@H]4C=C[C@]1(C)O. The number of aryl methyl sites for hydroxylation is 1. The number of aliphatic hydroxyl groups is 1. The van der Waals surface area contributed by atoms with Crippen LogP contribution in [0.15, 0.2) is 18.2 Å². The summed E-state index contributed by atoms with van der Waals surface area (Å²) in [6.07, 6.45) is 5.73. The van der Waals surface area contributed by atoms with Crippen molar-refractivity contribution < 1.29 is 14.9 Å². The molecule has 0 radical (unpaired) electrons. The largest absolute Gasteiger partial charge is 0.504 e. The van der Waals surface area contributed by atoms with E-state index in [1.165, 1.54) is 11.1 Å². The molecule has 0 saturated carbocycles. The molecule has 5 atom stereocenters. The highest BCUT2D eigenvalue weighted by atomic mass is 16.5. The van der Waals surface area contributed by atoms with Gasteiger partial charge in [-0.15, -0.1) is 0 Å². The molecule has 0 unspecified atom stereocenters. The molecular formula is C19H23NO3. The van der Waals surface area contributed by atoms with Gasteiger partial charge in [-0.2, -0.15) is 0 Å². The fraction of sp³-hybridized carbons (Fsp3) is 0.579. The van der Waals surface area contributed by atoms with Crippen LogP contribution in [0.5, 0.6) is 11.5 Å². The summed E-state index contributed by atoms with van der Waals surface area (Å²) in [6.45, 7) is 4.76. The minimum absolute atomic E-state index is 0.205. The van der Waals surface area contributed by atoms with Crippen LogP contribution in [-0.2, 0) is 11.8 Å². The fourth-order valence-electron chi connectivity index (χ4n) is 5.73. The predicted molar refractivity (Wildman–Crippen MR) is 86.9 cm³/mol. The third kappa shape index (κ3) is 1.41. The minimum Gasteiger partial charge on any atom is -0.504 e. The lowest BCUT2D eigenvalue weighted by Gasteiger charge is -2.58. The van der Waals surface area contributed by atoms with Crippen molar-refractivity contribution in [2.45, 2.75) is 49.9 Å². The molecule has 1 aromatic rings. The second-order valence-corrected chi connectivity index (χ2v) is 8.06. The van der Waals surface area contributed by atoms with Crippen molar-refractivity contribution in [1.29, 1.82) is 0 Å². The van der Waals surface area contributed by atoms with Crippen LogP contribution >= 0.6 is 0 Å². The number of phenolic OH excluding ortho intramolecular Hbond substituents is 1. The minimum atomic E-state index is -1.01. The Bertz CT molecular complexity index is 753. The predicted octanol–water partition coefficient (Wildman–Crippen LogP) is 1.90. The van der Waals surface area contributed by atoms with E-state index >= 15 is 0 Å². The van der Waals surface area contributed by atoms with Gasteiger partial charge in [0.25, 0.3) is 0 Å². The first-order valence-corrected chi connectivity index (χ1v) is 8.51. The number of rotatable bonds is 0. The number of benzene rings is 1. The van der Waals surface area contributed by atoms with Crippen LogP contribution in [0.25, 0.3) is 0 Å². The summed E-state index contributed by atoms with van der Waals surface area (Å²) in [4.78, 5) is 2.44. The molecular weight excluding hydrogens is 290 g/mol. The van der Waals surface area contributed by atoms with Crippen molar-refractivity contribution >= 4 is 0 Å². The van der Waals surface area contributed by atoms with Crippen LogP contribution < -0.4 is 4.74 Å². The molecule has 1 fully saturated rings. The second-order valence-electron chi connectivity index (χ2n) is 8.06. The summed E-state index contributed by atoms with van der Waals surface area (Å²) in [6, 6.07) is 2.56. The molecule has 122 valence electrons. The number of phenols is 1. The number of ether oxygens (including phenoxy) is 1. The lowest BCUT2D eigenvalue weighted by atomic mass is 9.51. The summed E-state index contributed by atoms with van der Waals surface area (Å²) < 4.78 is 6.27. The maximum Gasteiger partial charge on any atom is 0.166 e. The van der Waals surface area contributed by atoms with Crippen molar-refractivity contribution in [1.82, 2.24) is 4.90 Å². The molecule has 2 aliphatic carbocycles. The van der Waals surface area contributed by atoms with Gasteiger partial charge in [0.2, 0.25) is 0 Å². The van der Waals surface area contributed by atoms with Gasteiger partial charge < -0.3 is 19.8 Å². The molecule has 1 saturated heterocycles. The number of hydrogen-bond acceptors (Lipinski definition) is 4. The van der Waals surface area contributed by atoms with Gasteiger partial charge in [0, 0.05) is 22.9 Å². The third-order valence-electron chi connectivity index (χ3n) is 6.75. The van der Waals surface area contributed by atoms with Crippen molar-refractivity contribution in [3.63, 3.8) is 0 Å². The molecule has 2 heterocycles. The fourth-order valence-corrected chi connectivity index (χ4v) is 5.73. The Balaban J connectivity index is 1.86. The average Bonchev–Trinajstić information content (AvgIpc) is 2.85. The summed E-state index contributed by atoms with van der Waals surface area (Å²) in [5, 5.41) is 21.6. The molecule has 0 aromatic heterocycles. The van der Waals surface area contributed by atoms with Crippen LogP contribution in [0.1, 0.15) is 30.0 Å². The summed E-state index contributed by atoms with van der Waals surface area (Å²) in [7, 11) is 2.20. The number of piperidine rings is 1. The lowest BCUT2D eigenvalue weighted by molar-refractivity contribution is -0.0891. The van der Waals surface area contributed by atoms with Gasteiger partial charge in [-0.3, -0.25) is 0 Å². The van der Waals surface area contributed by atoms with Crippen LogP contribution in [0, 0.1) is 12.8 Å². The molecule has 2 bridgehead atoms. The van der Waals surface area contributed by atoms with Crippen molar-refractivity contribution in [2.24, 2.45) is 5.92 Å². The molecule has 2 N–H and O–H groups in total. The normalized spacial score (nSPS) is 43.2. The molecule has 1 aromatic carbocycles. The van der Waals surface area contributed by atoms with Gasteiger partial charge >= 0.3 is 0 Å². The van der Waals surface area contributed by atoms with E-state index < -0.39 is 5.60 Å². The quantitative estimate of drug-likeness (QED) is 0.718. The van der Waals surface area contributed by atoms with Gasteiger partial charge in [0.1, 0.15) is 11.7 Å². The zero-order valence-corrected chi connectivity index (χ0v) is 13.8. The molecule has 4 nitrogen and oxygen atoms in total. The summed E-state index contributed by atoms with van der Waals surface area (Å²) >= 11 is 0. The summed E-state index contributed by atoms with van der Waals surface area (Å²) in [5.41, 5.74) is 2.11. The first-order chi connectivity index (χ1) is 10.9. The van der Waals surface area contributed by atoms with Crippen LogP contribution in [0.3, 0.4) is 0 Å². The van der Waals surface area contributed by atoms with Crippen LogP contribution in [0.4, 0.5) is 0 Å². The van der Waals surface area contributed by atoms with E-state index in [1.807, 2.05) is 19.9 Å². The van der Waals surface area contributed by atoms with Crippen molar-refractivity contribution in [3.8, 4) is 11.5 Å². The highest BCUT2D eigenvalue weighted by molar-refractivity contribution is 5.64. The maximum absolute atomic E-state index is 11.0. The van der Waals surface area contributed by atoms with Gasteiger partial charge in [-0.25, -0.2) is 0 Å². The molecule has 23 heavy (non-hydrogen) atoms. The van der Waals surface area contributed by atoms with E-state index in [0.29, 0.717) is 17.7 Å². The summed E-state index contributed by atoms with van der Waals surface area (Å²) in [5.74, 6) is 1.21. The van der Waals surface area contributed by atoms with E-state index in [-0.39, 0.29) is 17.3 Å². The molecule has 0 amide bonds. The number of aromatic hydroxyl groups is 1. The van der Waals surface area contributed by atoms with Gasteiger partial charge in [0.15, 0.2) is 11.5 Å². The van der Waals surface area contributed by atoms with Gasteiger partial charge in [0.05, 0.1) is 0 Å². The van der Waals surface area contributed by atoms with Crippen LogP contribution in [0.2, 0.25) is 0 Å². The van der Waals surface area contributed by atoms with Crippen molar-refractivity contribution in [3.05, 3.63) is 34.9 Å². The topological polar surface area (TPSA) is 52.9 Å². The standard InChI is InChI=1S/C19H23NO3/c1-10-8-11-9-13-12-4-5-18(2,22)17-19(12,6-7-20(13)3)14(11)16(23-17)15(10)21/h4-5,8,12-13,17,21-22H,6-7,9H2,1-3H3/t12-,13+,17-,18-,19-/m0/s1. The molecule has 4 heteroatoms. The number of likely N-dealkylation sites (N-methyl/N-ethyl adjacent to an activating group) is 1. The number of likely N-dealkylation sites (tertiary alicyclic amines) is 1. The Labute approximate surface area is 136 Å². The van der Waals surface area contributed by atoms with Gasteiger partial charge in [-0.05, 0) is 51.4 Å². The highest BCUT2D eigenvalue weighted by Gasteiger charge is 2.66. The molecule has 1 spiro atoms. The highest BCUT2D eigenvalue weighted by Crippen LogP contribution is 2.64. The first-order valence-electron chi connectivity index (χ1n) is 8.51. The Morgan fingerprint density at radius 3 is 2.96 bits per heavy atom. The Morgan fingerprint density at radius 1 is 1.39 bits per heavy atom.